The van der Waals surface area contributed by atoms with E-state index in [0.29, 0.717) is 6.10 Å². The molecule has 1 atom stereocenters. The smallest absolute Gasteiger partial charge is 0.0671 e. The van der Waals surface area contributed by atoms with E-state index < -0.39 is 0 Å². The Morgan fingerprint density at radius 3 is 2.77 bits per heavy atom. The zero-order chi connectivity index (χ0) is 9.52. The molecule has 0 bridgehead atoms. The Morgan fingerprint density at radius 2 is 2.15 bits per heavy atom. The second-order valence-electron chi connectivity index (χ2n) is 3.56. The summed E-state index contributed by atoms with van der Waals surface area (Å²) in [6.07, 6.45) is 3.01. The molecule has 1 N–H and O–H groups in total. The summed E-state index contributed by atoms with van der Waals surface area (Å²) < 4.78 is 5.47. The van der Waals surface area contributed by atoms with Crippen molar-refractivity contribution in [1.29, 1.82) is 0 Å². The first kappa shape index (κ1) is 11.3. The van der Waals surface area contributed by atoms with Gasteiger partial charge in [-0.25, -0.2) is 0 Å². The number of nitrogens with one attached hydrogen (secondary N) is 1. The van der Waals surface area contributed by atoms with E-state index in [2.05, 4.69) is 24.0 Å². The van der Waals surface area contributed by atoms with Crippen molar-refractivity contribution in [3.05, 3.63) is 0 Å². The first-order chi connectivity index (χ1) is 6.33. The lowest BCUT2D eigenvalue weighted by molar-refractivity contribution is 0.0737. The summed E-state index contributed by atoms with van der Waals surface area (Å²) in [7, 11) is 0. The van der Waals surface area contributed by atoms with Crippen LogP contribution in [-0.2, 0) is 4.74 Å². The molecule has 78 valence electrons. The lowest BCUT2D eigenvalue weighted by Crippen LogP contribution is -2.37. The summed E-state index contributed by atoms with van der Waals surface area (Å²) in [5.74, 6) is 2.64. The minimum Gasteiger partial charge on any atom is -0.377 e. The predicted octanol–water partition coefficient (Wildman–Crippen LogP) is 1.90. The molecule has 1 unspecified atom stereocenters. The van der Waals surface area contributed by atoms with Crippen LogP contribution >= 0.6 is 11.8 Å². The Balaban J connectivity index is 2.03. The molecule has 0 radical (unpaired) electrons. The third-order valence-electron chi connectivity index (χ3n) is 2.37. The molecule has 0 aromatic rings. The second kappa shape index (κ2) is 6.68. The van der Waals surface area contributed by atoms with E-state index in [1.807, 2.05) is 6.92 Å². The van der Waals surface area contributed by atoms with E-state index in [1.165, 1.54) is 24.3 Å². The summed E-state index contributed by atoms with van der Waals surface area (Å²) in [4.78, 5) is 0. The third-order valence-corrected chi connectivity index (χ3v) is 3.42. The Bertz CT molecular complexity index is 126. The van der Waals surface area contributed by atoms with Crippen molar-refractivity contribution in [3.8, 4) is 0 Å². The Morgan fingerprint density at radius 1 is 1.46 bits per heavy atom. The van der Waals surface area contributed by atoms with Crippen LogP contribution in [0.1, 0.15) is 26.7 Å². The van der Waals surface area contributed by atoms with Crippen LogP contribution in [0.2, 0.25) is 0 Å². The van der Waals surface area contributed by atoms with Gasteiger partial charge in [-0.2, -0.15) is 11.8 Å². The van der Waals surface area contributed by atoms with Crippen LogP contribution < -0.4 is 5.32 Å². The van der Waals surface area contributed by atoms with Crippen molar-refractivity contribution in [3.63, 3.8) is 0 Å². The van der Waals surface area contributed by atoms with Crippen LogP contribution in [0.3, 0.4) is 0 Å². The van der Waals surface area contributed by atoms with Crippen LogP contribution in [0, 0.1) is 0 Å². The van der Waals surface area contributed by atoms with Crippen LogP contribution in [-0.4, -0.2) is 36.8 Å². The van der Waals surface area contributed by atoms with Gasteiger partial charge in [-0.15, -0.1) is 0 Å². The van der Waals surface area contributed by atoms with Gasteiger partial charge in [-0.1, -0.05) is 0 Å². The number of rotatable bonds is 5. The molecule has 1 fully saturated rings. The molecular weight excluding hydrogens is 182 g/mol. The number of thioether (sulfide) groups is 1. The van der Waals surface area contributed by atoms with E-state index >= 15 is 0 Å². The van der Waals surface area contributed by atoms with Gasteiger partial charge >= 0.3 is 0 Å². The highest BCUT2D eigenvalue weighted by Gasteiger charge is 2.13. The Labute approximate surface area is 85.8 Å². The molecule has 3 heteroatoms. The maximum absolute atomic E-state index is 5.47. The normalized spacial score (nSPS) is 21.7. The molecular formula is C10H21NOS. The quantitative estimate of drug-likeness (QED) is 0.737. The number of hydrogen-bond acceptors (Lipinski definition) is 3. The maximum atomic E-state index is 5.47. The summed E-state index contributed by atoms with van der Waals surface area (Å²) in [6.45, 7) is 6.01. The van der Waals surface area contributed by atoms with E-state index in [4.69, 9.17) is 4.74 Å². The molecule has 1 aliphatic rings. The maximum Gasteiger partial charge on any atom is 0.0671 e. The lowest BCUT2D eigenvalue weighted by atomic mass is 10.1. The van der Waals surface area contributed by atoms with Crippen molar-refractivity contribution in [2.75, 3.05) is 24.7 Å². The summed E-state index contributed by atoms with van der Waals surface area (Å²) in [6, 6.07) is 0.740. The summed E-state index contributed by atoms with van der Waals surface area (Å²) >= 11 is 2.07. The van der Waals surface area contributed by atoms with Gasteiger partial charge in [0.2, 0.25) is 0 Å². The van der Waals surface area contributed by atoms with Crippen molar-refractivity contribution in [2.45, 2.75) is 38.8 Å². The molecule has 13 heavy (non-hydrogen) atoms. The van der Waals surface area contributed by atoms with Crippen molar-refractivity contribution in [1.82, 2.24) is 5.32 Å². The van der Waals surface area contributed by atoms with Gasteiger partial charge in [-0.3, -0.25) is 0 Å². The molecule has 0 spiro atoms. The monoisotopic (exact) mass is 203 g/mol. The first-order valence-corrected chi connectivity index (χ1v) is 6.41. The Kier molecular flexibility index (Phi) is 5.83. The van der Waals surface area contributed by atoms with Gasteiger partial charge in [0.25, 0.3) is 0 Å². The zero-order valence-electron chi connectivity index (χ0n) is 8.71. The van der Waals surface area contributed by atoms with E-state index in [0.717, 1.165) is 19.2 Å². The van der Waals surface area contributed by atoms with Crippen LogP contribution in [0.4, 0.5) is 0 Å². The van der Waals surface area contributed by atoms with Crippen molar-refractivity contribution in [2.24, 2.45) is 0 Å². The SMILES string of the molecule is CCOC(C)CNC1CCSCC1. The largest absolute Gasteiger partial charge is 0.377 e. The Hall–Kier alpha value is 0.270. The minimum absolute atomic E-state index is 0.361. The minimum atomic E-state index is 0.361. The third kappa shape index (κ3) is 4.89. The summed E-state index contributed by atoms with van der Waals surface area (Å²) in [5, 5.41) is 3.57. The van der Waals surface area contributed by atoms with Gasteiger partial charge in [0, 0.05) is 19.2 Å². The van der Waals surface area contributed by atoms with Crippen LogP contribution in [0.25, 0.3) is 0 Å². The molecule has 1 aliphatic heterocycles. The van der Waals surface area contributed by atoms with Gasteiger partial charge in [-0.05, 0) is 38.2 Å². The molecule has 0 aromatic carbocycles. The average molecular weight is 203 g/mol. The van der Waals surface area contributed by atoms with Gasteiger partial charge in [0.15, 0.2) is 0 Å². The van der Waals surface area contributed by atoms with Crippen LogP contribution in [0.5, 0.6) is 0 Å². The van der Waals surface area contributed by atoms with Crippen molar-refractivity contribution < 1.29 is 4.74 Å². The first-order valence-electron chi connectivity index (χ1n) is 5.25. The zero-order valence-corrected chi connectivity index (χ0v) is 9.53. The second-order valence-corrected chi connectivity index (χ2v) is 4.79. The highest BCUT2D eigenvalue weighted by atomic mass is 32.2. The van der Waals surface area contributed by atoms with Gasteiger partial charge in [0.05, 0.1) is 6.10 Å². The topological polar surface area (TPSA) is 21.3 Å². The molecule has 0 amide bonds. The van der Waals surface area contributed by atoms with Crippen LogP contribution in [0.15, 0.2) is 0 Å². The molecule has 0 aliphatic carbocycles. The fraction of sp³-hybridized carbons (Fsp3) is 1.00. The fourth-order valence-electron chi connectivity index (χ4n) is 1.58. The van der Waals surface area contributed by atoms with E-state index in [-0.39, 0.29) is 0 Å². The highest BCUT2D eigenvalue weighted by molar-refractivity contribution is 7.99. The van der Waals surface area contributed by atoms with E-state index in [1.54, 1.807) is 0 Å². The van der Waals surface area contributed by atoms with Gasteiger partial charge < -0.3 is 10.1 Å². The number of hydrogen-bond donors (Lipinski definition) is 1. The van der Waals surface area contributed by atoms with E-state index in [9.17, 15) is 0 Å². The predicted molar refractivity (Wildman–Crippen MR) is 59.4 cm³/mol. The molecule has 0 aromatic heterocycles. The molecule has 1 rings (SSSR count). The average Bonchev–Trinajstić information content (AvgIpc) is 2.17. The fourth-order valence-corrected chi connectivity index (χ4v) is 2.68. The lowest BCUT2D eigenvalue weighted by Gasteiger charge is -2.24. The number of ether oxygens (including phenoxy) is 1. The highest BCUT2D eigenvalue weighted by Crippen LogP contribution is 2.16. The molecule has 0 saturated carbocycles. The molecule has 2 nitrogen and oxygen atoms in total. The van der Waals surface area contributed by atoms with Crippen molar-refractivity contribution >= 4 is 11.8 Å². The standard InChI is InChI=1S/C10H21NOS/c1-3-12-9(2)8-11-10-4-6-13-7-5-10/h9-11H,3-8H2,1-2H3. The summed E-state index contributed by atoms with van der Waals surface area (Å²) in [5.41, 5.74) is 0. The molecule has 1 heterocycles. The van der Waals surface area contributed by atoms with Gasteiger partial charge in [0.1, 0.15) is 0 Å². The molecule has 1 saturated heterocycles.